The van der Waals surface area contributed by atoms with Crippen LogP contribution in [0.25, 0.3) is 5.65 Å². The summed E-state index contributed by atoms with van der Waals surface area (Å²) in [6.07, 6.45) is 1.92. The smallest absolute Gasteiger partial charge is 0.234 e. The van der Waals surface area contributed by atoms with Crippen molar-refractivity contribution in [3.63, 3.8) is 0 Å². The first-order chi connectivity index (χ1) is 11.6. The molecule has 0 aliphatic carbocycles. The van der Waals surface area contributed by atoms with Gasteiger partial charge in [0.1, 0.15) is 0 Å². The summed E-state index contributed by atoms with van der Waals surface area (Å²) >= 11 is 0. The van der Waals surface area contributed by atoms with Gasteiger partial charge in [0.25, 0.3) is 0 Å². The van der Waals surface area contributed by atoms with Gasteiger partial charge < -0.3 is 5.32 Å². The third-order valence-electron chi connectivity index (χ3n) is 3.87. The molecule has 1 amide bonds. The van der Waals surface area contributed by atoms with Gasteiger partial charge in [-0.15, -0.1) is 10.2 Å². The second-order valence-corrected chi connectivity index (χ2v) is 5.86. The van der Waals surface area contributed by atoms with Crippen LogP contribution in [0.3, 0.4) is 0 Å². The van der Waals surface area contributed by atoms with Crippen LogP contribution in [-0.2, 0) is 11.3 Å². The van der Waals surface area contributed by atoms with E-state index in [0.717, 1.165) is 17.0 Å². The highest BCUT2D eigenvalue weighted by Gasteiger charge is 2.13. The average molecular weight is 323 g/mol. The van der Waals surface area contributed by atoms with Gasteiger partial charge in [-0.25, -0.2) is 0 Å². The zero-order chi connectivity index (χ0) is 16.9. The Morgan fingerprint density at radius 1 is 1.21 bits per heavy atom. The monoisotopic (exact) mass is 323 g/mol. The molecule has 0 saturated carbocycles. The second-order valence-electron chi connectivity index (χ2n) is 5.86. The van der Waals surface area contributed by atoms with Crippen molar-refractivity contribution >= 4 is 11.6 Å². The maximum Gasteiger partial charge on any atom is 0.234 e. The molecule has 3 aromatic rings. The van der Waals surface area contributed by atoms with Gasteiger partial charge in [0.2, 0.25) is 5.91 Å². The minimum Gasteiger partial charge on any atom is -0.351 e. The van der Waals surface area contributed by atoms with Crippen LogP contribution in [-0.4, -0.2) is 27.0 Å². The van der Waals surface area contributed by atoms with Crippen molar-refractivity contribution in [1.29, 1.82) is 0 Å². The SMILES string of the molecule is Cc1cccc(CNC(=O)CN[C@H](C)c2nnc3ccccn23)c1. The molecule has 1 aromatic carbocycles. The number of hydrogen-bond acceptors (Lipinski definition) is 4. The molecule has 24 heavy (non-hydrogen) atoms. The van der Waals surface area contributed by atoms with E-state index in [4.69, 9.17) is 0 Å². The predicted octanol–water partition coefficient (Wildman–Crippen LogP) is 2.00. The normalized spacial score (nSPS) is 12.2. The highest BCUT2D eigenvalue weighted by Crippen LogP contribution is 2.11. The number of aryl methyl sites for hydroxylation is 1. The molecular weight excluding hydrogens is 302 g/mol. The van der Waals surface area contributed by atoms with E-state index in [9.17, 15) is 4.79 Å². The minimum absolute atomic E-state index is 0.0443. The van der Waals surface area contributed by atoms with Crippen LogP contribution in [0.2, 0.25) is 0 Å². The number of benzene rings is 1. The lowest BCUT2D eigenvalue weighted by Gasteiger charge is -2.12. The number of nitrogens with one attached hydrogen (secondary N) is 2. The molecule has 6 heteroatoms. The number of aromatic nitrogens is 3. The van der Waals surface area contributed by atoms with Crippen molar-refractivity contribution in [2.24, 2.45) is 0 Å². The first-order valence-electron chi connectivity index (χ1n) is 7.99. The van der Waals surface area contributed by atoms with Crippen LogP contribution in [0.5, 0.6) is 0 Å². The summed E-state index contributed by atoms with van der Waals surface area (Å²) in [5.41, 5.74) is 3.08. The molecule has 0 aliphatic rings. The molecule has 0 bridgehead atoms. The Morgan fingerprint density at radius 2 is 2.08 bits per heavy atom. The molecule has 0 aliphatic heterocycles. The van der Waals surface area contributed by atoms with E-state index in [1.807, 2.05) is 60.8 Å². The first kappa shape index (κ1) is 16.1. The number of hydrogen-bond donors (Lipinski definition) is 2. The van der Waals surface area contributed by atoms with Gasteiger partial charge in [-0.05, 0) is 31.5 Å². The molecule has 6 nitrogen and oxygen atoms in total. The van der Waals surface area contributed by atoms with Crippen LogP contribution in [0.4, 0.5) is 0 Å². The number of nitrogens with zero attached hydrogens (tertiary/aromatic N) is 3. The predicted molar refractivity (Wildman–Crippen MR) is 92.4 cm³/mol. The van der Waals surface area contributed by atoms with Gasteiger partial charge in [0, 0.05) is 12.7 Å². The van der Waals surface area contributed by atoms with E-state index in [1.165, 1.54) is 5.56 Å². The Kier molecular flexibility index (Phi) is 4.86. The summed E-state index contributed by atoms with van der Waals surface area (Å²) in [7, 11) is 0. The third-order valence-corrected chi connectivity index (χ3v) is 3.87. The largest absolute Gasteiger partial charge is 0.351 e. The van der Waals surface area contributed by atoms with Gasteiger partial charge in [0.15, 0.2) is 11.5 Å². The third kappa shape index (κ3) is 3.78. The van der Waals surface area contributed by atoms with Gasteiger partial charge in [0.05, 0.1) is 12.6 Å². The molecule has 0 spiro atoms. The van der Waals surface area contributed by atoms with E-state index >= 15 is 0 Å². The fraction of sp³-hybridized carbons (Fsp3) is 0.278. The van der Waals surface area contributed by atoms with E-state index < -0.39 is 0 Å². The maximum atomic E-state index is 12.0. The van der Waals surface area contributed by atoms with Crippen LogP contribution >= 0.6 is 0 Å². The summed E-state index contributed by atoms with van der Waals surface area (Å²) in [6.45, 7) is 4.77. The Labute approximate surface area is 140 Å². The highest BCUT2D eigenvalue weighted by molar-refractivity contribution is 5.78. The first-order valence-corrected chi connectivity index (χ1v) is 7.99. The van der Waals surface area contributed by atoms with Crippen molar-refractivity contribution in [2.45, 2.75) is 26.4 Å². The number of amides is 1. The van der Waals surface area contributed by atoms with Crippen LogP contribution in [0, 0.1) is 6.92 Å². The molecular formula is C18H21N5O. The minimum atomic E-state index is -0.0767. The van der Waals surface area contributed by atoms with Gasteiger partial charge in [-0.2, -0.15) is 0 Å². The summed E-state index contributed by atoms with van der Waals surface area (Å²) in [4.78, 5) is 12.0. The molecule has 2 aromatic heterocycles. The lowest BCUT2D eigenvalue weighted by atomic mass is 10.1. The zero-order valence-corrected chi connectivity index (χ0v) is 13.9. The van der Waals surface area contributed by atoms with Gasteiger partial charge >= 0.3 is 0 Å². The lowest BCUT2D eigenvalue weighted by Crippen LogP contribution is -2.35. The molecule has 2 N–H and O–H groups in total. The molecule has 0 radical (unpaired) electrons. The Hall–Kier alpha value is -2.73. The van der Waals surface area contributed by atoms with Crippen LogP contribution < -0.4 is 10.6 Å². The number of carbonyl (C=O) groups excluding carboxylic acids is 1. The number of pyridine rings is 1. The van der Waals surface area contributed by atoms with Crippen molar-refractivity contribution < 1.29 is 4.79 Å². The molecule has 0 saturated heterocycles. The average Bonchev–Trinajstić information content (AvgIpc) is 3.02. The molecule has 1 atom stereocenters. The van der Waals surface area contributed by atoms with Crippen molar-refractivity contribution in [3.05, 3.63) is 65.6 Å². The number of rotatable bonds is 6. The van der Waals surface area contributed by atoms with E-state index in [1.54, 1.807) is 0 Å². The Bertz CT molecular complexity index is 842. The number of carbonyl (C=O) groups is 1. The molecule has 2 heterocycles. The Balaban J connectivity index is 1.52. The fourth-order valence-corrected chi connectivity index (χ4v) is 2.58. The molecule has 0 unspecified atom stereocenters. The summed E-state index contributed by atoms with van der Waals surface area (Å²) < 4.78 is 1.92. The fourth-order valence-electron chi connectivity index (χ4n) is 2.58. The topological polar surface area (TPSA) is 71.3 Å². The molecule has 3 rings (SSSR count). The van der Waals surface area contributed by atoms with Crippen LogP contribution in [0.15, 0.2) is 48.7 Å². The van der Waals surface area contributed by atoms with Crippen molar-refractivity contribution in [2.75, 3.05) is 6.54 Å². The summed E-state index contributed by atoms with van der Waals surface area (Å²) in [5, 5.41) is 14.4. The summed E-state index contributed by atoms with van der Waals surface area (Å²) in [6, 6.07) is 13.8. The van der Waals surface area contributed by atoms with Crippen molar-refractivity contribution in [1.82, 2.24) is 25.2 Å². The van der Waals surface area contributed by atoms with Gasteiger partial charge in [-0.1, -0.05) is 35.9 Å². The second kappa shape index (κ2) is 7.23. The van der Waals surface area contributed by atoms with E-state index in [-0.39, 0.29) is 18.5 Å². The molecule has 124 valence electrons. The van der Waals surface area contributed by atoms with Crippen molar-refractivity contribution in [3.8, 4) is 0 Å². The number of fused-ring (bicyclic) bond motifs is 1. The van der Waals surface area contributed by atoms with E-state index in [0.29, 0.717) is 6.54 Å². The van der Waals surface area contributed by atoms with Gasteiger partial charge in [-0.3, -0.25) is 14.5 Å². The Morgan fingerprint density at radius 3 is 2.92 bits per heavy atom. The highest BCUT2D eigenvalue weighted by atomic mass is 16.1. The standard InChI is InChI=1S/C18H21N5O/c1-13-6-5-7-15(10-13)11-20-17(24)12-19-14(2)18-22-21-16-8-3-4-9-23(16)18/h3-10,14,19H,11-12H2,1-2H3,(H,20,24)/t14-/m1/s1. The quantitative estimate of drug-likeness (QED) is 0.728. The van der Waals surface area contributed by atoms with E-state index in [2.05, 4.69) is 26.9 Å². The summed E-state index contributed by atoms with van der Waals surface area (Å²) in [5.74, 6) is 0.745. The van der Waals surface area contributed by atoms with Crippen LogP contribution in [0.1, 0.15) is 29.9 Å². The zero-order valence-electron chi connectivity index (χ0n) is 13.9. The molecule has 0 fully saturated rings. The lowest BCUT2D eigenvalue weighted by molar-refractivity contribution is -0.120. The maximum absolute atomic E-state index is 12.0.